The average Bonchev–Trinajstić information content (AvgIpc) is 2.46. The highest BCUT2D eigenvalue weighted by Gasteiger charge is 2.25. The van der Waals surface area contributed by atoms with Crippen molar-refractivity contribution in [1.82, 2.24) is 0 Å². The third kappa shape index (κ3) is 4.17. The SMILES string of the molecule is CCOC(=O)CC(O)C(O)c1cccc(C(=O)OC)c1N. The number of rotatable bonds is 6. The molecule has 2 atom stereocenters. The van der Waals surface area contributed by atoms with E-state index in [0.717, 1.165) is 0 Å². The second kappa shape index (κ2) is 7.61. The largest absolute Gasteiger partial charge is 0.466 e. The maximum atomic E-state index is 11.5. The molecule has 1 rings (SSSR count). The Morgan fingerprint density at radius 3 is 2.57 bits per heavy atom. The fourth-order valence-electron chi connectivity index (χ4n) is 1.84. The van der Waals surface area contributed by atoms with Crippen LogP contribution in [0.1, 0.15) is 35.4 Å². The fourth-order valence-corrected chi connectivity index (χ4v) is 1.84. The van der Waals surface area contributed by atoms with Crippen molar-refractivity contribution in [3.05, 3.63) is 29.3 Å². The van der Waals surface area contributed by atoms with Gasteiger partial charge in [-0.1, -0.05) is 12.1 Å². The summed E-state index contributed by atoms with van der Waals surface area (Å²) >= 11 is 0. The van der Waals surface area contributed by atoms with Crippen LogP contribution in [0.5, 0.6) is 0 Å². The summed E-state index contributed by atoms with van der Waals surface area (Å²) in [5.74, 6) is -1.28. The van der Waals surface area contributed by atoms with Crippen LogP contribution in [0, 0.1) is 0 Å². The number of nitrogens with two attached hydrogens (primary N) is 1. The van der Waals surface area contributed by atoms with Gasteiger partial charge in [0.25, 0.3) is 0 Å². The van der Waals surface area contributed by atoms with E-state index < -0.39 is 24.1 Å². The van der Waals surface area contributed by atoms with Crippen molar-refractivity contribution in [3.63, 3.8) is 0 Å². The maximum Gasteiger partial charge on any atom is 0.339 e. The number of carbonyl (C=O) groups excluding carboxylic acids is 2. The van der Waals surface area contributed by atoms with Gasteiger partial charge in [0.1, 0.15) is 6.10 Å². The summed E-state index contributed by atoms with van der Waals surface area (Å²) < 4.78 is 9.26. The second-order valence-corrected chi connectivity index (χ2v) is 4.32. The molecular weight excluding hydrogens is 278 g/mol. The zero-order valence-electron chi connectivity index (χ0n) is 11.9. The predicted molar refractivity (Wildman–Crippen MR) is 74.4 cm³/mol. The molecule has 4 N–H and O–H groups in total. The number of carbonyl (C=O) groups is 2. The molecule has 21 heavy (non-hydrogen) atoms. The van der Waals surface area contributed by atoms with Crippen molar-refractivity contribution in [1.29, 1.82) is 0 Å². The molecule has 0 bridgehead atoms. The van der Waals surface area contributed by atoms with Crippen molar-refractivity contribution in [3.8, 4) is 0 Å². The molecule has 0 saturated heterocycles. The topological polar surface area (TPSA) is 119 Å². The number of hydrogen-bond acceptors (Lipinski definition) is 7. The molecule has 0 amide bonds. The van der Waals surface area contributed by atoms with Crippen molar-refractivity contribution < 1.29 is 29.3 Å². The van der Waals surface area contributed by atoms with Gasteiger partial charge in [-0.05, 0) is 13.0 Å². The van der Waals surface area contributed by atoms with E-state index in [2.05, 4.69) is 4.74 Å². The Hall–Kier alpha value is -2.12. The molecular formula is C14H19NO6. The van der Waals surface area contributed by atoms with Gasteiger partial charge in [-0.2, -0.15) is 0 Å². The van der Waals surface area contributed by atoms with Crippen LogP contribution in [0.4, 0.5) is 5.69 Å². The standard InChI is InChI=1S/C14H19NO6/c1-3-21-11(17)7-10(16)13(18)8-5-4-6-9(12(8)15)14(19)20-2/h4-6,10,13,16,18H,3,7,15H2,1-2H3. The first-order chi connectivity index (χ1) is 9.92. The highest BCUT2D eigenvalue weighted by Crippen LogP contribution is 2.27. The first kappa shape index (κ1) is 16.9. The lowest BCUT2D eigenvalue weighted by molar-refractivity contribution is -0.147. The number of aliphatic hydroxyl groups is 2. The third-order valence-corrected chi connectivity index (χ3v) is 2.91. The first-order valence-electron chi connectivity index (χ1n) is 6.40. The van der Waals surface area contributed by atoms with E-state index in [1.807, 2.05) is 0 Å². The van der Waals surface area contributed by atoms with E-state index in [1.54, 1.807) is 6.92 Å². The van der Waals surface area contributed by atoms with E-state index in [-0.39, 0.29) is 29.8 Å². The van der Waals surface area contributed by atoms with Crippen molar-refractivity contribution in [2.45, 2.75) is 25.6 Å². The highest BCUT2D eigenvalue weighted by molar-refractivity contribution is 5.95. The minimum absolute atomic E-state index is 0.000223. The molecule has 116 valence electrons. The summed E-state index contributed by atoms with van der Waals surface area (Å²) in [5, 5.41) is 19.9. The molecule has 0 aliphatic carbocycles. The summed E-state index contributed by atoms with van der Waals surface area (Å²) in [7, 11) is 1.21. The number of anilines is 1. The van der Waals surface area contributed by atoms with E-state index in [9.17, 15) is 19.8 Å². The van der Waals surface area contributed by atoms with Gasteiger partial charge >= 0.3 is 11.9 Å². The monoisotopic (exact) mass is 297 g/mol. The minimum atomic E-state index is -1.42. The number of hydrogen-bond donors (Lipinski definition) is 3. The number of nitrogen functional groups attached to an aromatic ring is 1. The van der Waals surface area contributed by atoms with Gasteiger partial charge in [0.15, 0.2) is 0 Å². The number of ether oxygens (including phenoxy) is 2. The summed E-state index contributed by atoms with van der Waals surface area (Å²) in [4.78, 5) is 22.8. The summed E-state index contributed by atoms with van der Waals surface area (Å²) in [5.41, 5.74) is 6.03. The van der Waals surface area contributed by atoms with Gasteiger partial charge < -0.3 is 25.4 Å². The Kier molecular flexibility index (Phi) is 6.13. The molecule has 0 saturated carbocycles. The lowest BCUT2D eigenvalue weighted by atomic mass is 9.98. The van der Waals surface area contributed by atoms with Crippen LogP contribution in [0.3, 0.4) is 0 Å². The first-order valence-corrected chi connectivity index (χ1v) is 6.40. The van der Waals surface area contributed by atoms with Gasteiger partial charge in [-0.15, -0.1) is 0 Å². The van der Waals surface area contributed by atoms with E-state index >= 15 is 0 Å². The predicted octanol–water partition coefficient (Wildman–Crippen LogP) is 0.403. The smallest absolute Gasteiger partial charge is 0.339 e. The van der Waals surface area contributed by atoms with Crippen LogP contribution < -0.4 is 5.73 Å². The number of aliphatic hydroxyl groups excluding tert-OH is 2. The number of para-hydroxylation sites is 1. The zero-order valence-corrected chi connectivity index (χ0v) is 11.9. The van der Waals surface area contributed by atoms with Crippen LogP contribution in [0.25, 0.3) is 0 Å². The Labute approximate surface area is 122 Å². The van der Waals surface area contributed by atoms with Crippen molar-refractivity contribution in [2.24, 2.45) is 0 Å². The molecule has 2 unspecified atom stereocenters. The van der Waals surface area contributed by atoms with Crippen LogP contribution >= 0.6 is 0 Å². The molecule has 0 aromatic heterocycles. The van der Waals surface area contributed by atoms with E-state index in [1.165, 1.54) is 25.3 Å². The molecule has 0 heterocycles. The maximum absolute atomic E-state index is 11.5. The van der Waals surface area contributed by atoms with Crippen LogP contribution in [0.15, 0.2) is 18.2 Å². The van der Waals surface area contributed by atoms with Gasteiger partial charge in [0.05, 0.1) is 37.5 Å². The lowest BCUT2D eigenvalue weighted by Crippen LogP contribution is -2.24. The molecule has 1 aromatic carbocycles. The van der Waals surface area contributed by atoms with Crippen LogP contribution in [-0.4, -0.2) is 42.0 Å². The summed E-state index contributed by atoms with van der Waals surface area (Å²) in [6, 6.07) is 4.40. The molecule has 0 aliphatic heterocycles. The average molecular weight is 297 g/mol. The molecule has 7 nitrogen and oxygen atoms in total. The van der Waals surface area contributed by atoms with Gasteiger partial charge in [-0.25, -0.2) is 4.79 Å². The van der Waals surface area contributed by atoms with Crippen molar-refractivity contribution >= 4 is 17.6 Å². The van der Waals surface area contributed by atoms with Gasteiger partial charge in [0, 0.05) is 5.56 Å². The lowest BCUT2D eigenvalue weighted by Gasteiger charge is -2.20. The Morgan fingerprint density at radius 1 is 1.33 bits per heavy atom. The van der Waals surface area contributed by atoms with Gasteiger partial charge in [0.2, 0.25) is 0 Å². The summed E-state index contributed by atoms with van der Waals surface area (Å²) in [6.45, 7) is 1.82. The Bertz CT molecular complexity index is 516. The van der Waals surface area contributed by atoms with E-state index in [4.69, 9.17) is 10.5 Å². The number of benzene rings is 1. The molecule has 1 aromatic rings. The van der Waals surface area contributed by atoms with Crippen molar-refractivity contribution in [2.75, 3.05) is 19.5 Å². The number of esters is 2. The Balaban J connectivity index is 2.94. The third-order valence-electron chi connectivity index (χ3n) is 2.91. The molecule has 0 radical (unpaired) electrons. The molecule has 0 fully saturated rings. The van der Waals surface area contributed by atoms with Crippen LogP contribution in [0.2, 0.25) is 0 Å². The van der Waals surface area contributed by atoms with Crippen LogP contribution in [-0.2, 0) is 14.3 Å². The fraction of sp³-hybridized carbons (Fsp3) is 0.429. The second-order valence-electron chi connectivity index (χ2n) is 4.32. The minimum Gasteiger partial charge on any atom is -0.466 e. The molecule has 0 spiro atoms. The zero-order chi connectivity index (χ0) is 16.0. The molecule has 0 aliphatic rings. The van der Waals surface area contributed by atoms with Gasteiger partial charge in [-0.3, -0.25) is 4.79 Å². The number of methoxy groups -OCH3 is 1. The highest BCUT2D eigenvalue weighted by atomic mass is 16.5. The summed E-state index contributed by atoms with van der Waals surface area (Å²) in [6.07, 6.45) is -3.19. The quantitative estimate of drug-likeness (QED) is 0.513. The Morgan fingerprint density at radius 2 is 2.00 bits per heavy atom. The molecule has 7 heteroatoms. The normalized spacial score (nSPS) is 13.3. The van der Waals surface area contributed by atoms with E-state index in [0.29, 0.717) is 0 Å².